The smallest absolute Gasteiger partial charge is 0.310 e. The van der Waals surface area contributed by atoms with E-state index in [9.17, 15) is 14.7 Å². The Labute approximate surface area is 161 Å². The highest BCUT2D eigenvalue weighted by Gasteiger charge is 2.28. The summed E-state index contributed by atoms with van der Waals surface area (Å²) in [5.74, 6) is -0.130. The molecule has 0 saturated carbocycles. The van der Waals surface area contributed by atoms with Crippen molar-refractivity contribution in [2.75, 3.05) is 7.11 Å². The normalized spacial score (nSPS) is 13.2. The molecule has 2 aromatic heterocycles. The Kier molecular flexibility index (Phi) is 5.46. The molecule has 0 spiro atoms. The van der Waals surface area contributed by atoms with Crippen LogP contribution in [-0.2, 0) is 29.1 Å². The van der Waals surface area contributed by atoms with Crippen molar-refractivity contribution in [3.05, 3.63) is 57.4 Å². The van der Waals surface area contributed by atoms with Gasteiger partial charge in [-0.25, -0.2) is 4.98 Å². The van der Waals surface area contributed by atoms with Gasteiger partial charge in [-0.2, -0.15) is 0 Å². The Morgan fingerprint density at radius 2 is 1.82 bits per heavy atom. The molecule has 0 amide bonds. The highest BCUT2D eigenvalue weighted by Crippen LogP contribution is 2.33. The van der Waals surface area contributed by atoms with Gasteiger partial charge in [-0.3, -0.25) is 9.59 Å². The van der Waals surface area contributed by atoms with Gasteiger partial charge >= 0.3 is 5.97 Å². The van der Waals surface area contributed by atoms with E-state index in [0.29, 0.717) is 12.1 Å². The van der Waals surface area contributed by atoms with Crippen molar-refractivity contribution in [3.63, 3.8) is 0 Å². The maximum Gasteiger partial charge on any atom is 0.310 e. The molecular weight excluding hydrogens is 360 g/mol. The minimum Gasteiger partial charge on any atom is -0.508 e. The third-order valence-electron chi connectivity index (χ3n) is 4.65. The van der Waals surface area contributed by atoms with Crippen LogP contribution in [0, 0.1) is 0 Å². The van der Waals surface area contributed by atoms with E-state index in [2.05, 4.69) is 4.98 Å². The van der Waals surface area contributed by atoms with Crippen LogP contribution in [0.3, 0.4) is 0 Å². The van der Waals surface area contributed by atoms with Crippen molar-refractivity contribution >= 4 is 16.9 Å². The summed E-state index contributed by atoms with van der Waals surface area (Å²) in [7, 11) is 1.00. The van der Waals surface area contributed by atoms with Crippen molar-refractivity contribution in [1.82, 2.24) is 9.55 Å². The lowest BCUT2D eigenvalue weighted by Crippen LogP contribution is -2.29. The molecule has 28 heavy (non-hydrogen) atoms. The molecule has 2 aliphatic rings. The number of ether oxygens (including phenoxy) is 1. The molecule has 0 radical (unpaired) electrons. The van der Waals surface area contributed by atoms with Gasteiger partial charge in [0.2, 0.25) is 0 Å². The van der Waals surface area contributed by atoms with E-state index in [1.807, 2.05) is 26.0 Å². The van der Waals surface area contributed by atoms with Gasteiger partial charge in [0, 0.05) is 18.1 Å². The molecule has 5 rings (SSSR count). The Hall–Kier alpha value is -3.19. The highest BCUT2D eigenvalue weighted by molar-refractivity contribution is 5.85. The molecule has 0 unspecified atom stereocenters. The lowest BCUT2D eigenvalue weighted by atomic mass is 10.0. The first-order valence-electron chi connectivity index (χ1n) is 9.09. The van der Waals surface area contributed by atoms with E-state index >= 15 is 0 Å². The van der Waals surface area contributed by atoms with Crippen molar-refractivity contribution in [3.8, 4) is 17.1 Å². The van der Waals surface area contributed by atoms with Crippen LogP contribution in [0.1, 0.15) is 30.5 Å². The second kappa shape index (κ2) is 7.82. The van der Waals surface area contributed by atoms with E-state index in [1.165, 1.54) is 0 Å². The average molecular weight is 382 g/mol. The van der Waals surface area contributed by atoms with Crippen LogP contribution >= 0.6 is 0 Å². The largest absolute Gasteiger partial charge is 0.508 e. The fraction of sp³-hybridized carbons (Fsp3) is 0.286. The number of aromatic nitrogens is 2. The lowest BCUT2D eigenvalue weighted by molar-refractivity contribution is -0.145. The number of phenols is 1. The Morgan fingerprint density at radius 1 is 1.07 bits per heavy atom. The molecule has 7 heteroatoms. The molecule has 7 nitrogen and oxygen atoms in total. The topological polar surface area (TPSA) is 102 Å². The van der Waals surface area contributed by atoms with Crippen LogP contribution in [0.2, 0.25) is 0 Å². The number of benzene rings is 1. The summed E-state index contributed by atoms with van der Waals surface area (Å²) in [6.45, 7) is 4.47. The fourth-order valence-corrected chi connectivity index (χ4v) is 3.48. The van der Waals surface area contributed by atoms with Gasteiger partial charge in [0.25, 0.3) is 5.56 Å². The van der Waals surface area contributed by atoms with Crippen molar-refractivity contribution < 1.29 is 19.7 Å². The minimum atomic E-state index is -0.313. The van der Waals surface area contributed by atoms with Crippen LogP contribution in [0.4, 0.5) is 0 Å². The number of esters is 1. The quantitative estimate of drug-likeness (QED) is 0.453. The van der Waals surface area contributed by atoms with E-state index in [0.717, 1.165) is 40.5 Å². The number of aliphatic hydroxyl groups excluding tert-OH is 1. The molecular formula is C21H22N2O5. The number of aliphatic hydroxyl groups is 1. The zero-order valence-electron chi connectivity index (χ0n) is 16.0. The fourth-order valence-electron chi connectivity index (χ4n) is 3.48. The highest BCUT2D eigenvalue weighted by atomic mass is 16.5. The maximum atomic E-state index is 12.7. The van der Waals surface area contributed by atoms with Crippen molar-refractivity contribution in [2.24, 2.45) is 0 Å². The first kappa shape index (κ1) is 19.6. The van der Waals surface area contributed by atoms with E-state index in [1.54, 1.807) is 22.8 Å². The third-order valence-corrected chi connectivity index (χ3v) is 4.65. The summed E-state index contributed by atoms with van der Waals surface area (Å²) in [6, 6.07) is 8.83. The van der Waals surface area contributed by atoms with Crippen LogP contribution in [0.25, 0.3) is 22.3 Å². The minimum absolute atomic E-state index is 0.0346. The number of fused-ring (bicyclic) bond motifs is 5. The Bertz CT molecular complexity index is 1120. The van der Waals surface area contributed by atoms with Gasteiger partial charge in [0.05, 0.1) is 35.4 Å². The molecule has 0 atom stereocenters. The monoisotopic (exact) mass is 382 g/mol. The van der Waals surface area contributed by atoms with Crippen LogP contribution in [0.15, 0.2) is 35.1 Å². The standard InChI is InChI=1S/C18H12N2O4.C2H6.CH4O/c21-12-1-2-14-10(4-12)3-11-7-20-15(17(11)19-14)5-9-6-16(22)24-8-13(9)18(20)23;2*1-2/h1-5,21H,6-8H2;1-2H3;2H,1H3. The molecule has 1 aromatic carbocycles. The second-order valence-electron chi connectivity index (χ2n) is 6.14. The molecule has 2 N–H and O–H groups in total. The van der Waals surface area contributed by atoms with Gasteiger partial charge in [-0.15, -0.1) is 0 Å². The Balaban J connectivity index is 0.000000531. The number of rotatable bonds is 0. The average Bonchev–Trinajstić information content (AvgIpc) is 3.07. The summed E-state index contributed by atoms with van der Waals surface area (Å²) in [4.78, 5) is 28.9. The molecule has 4 heterocycles. The number of carbonyl (C=O) groups excluding carboxylic acids is 1. The Morgan fingerprint density at radius 3 is 2.57 bits per heavy atom. The number of cyclic esters (lactones) is 1. The van der Waals surface area contributed by atoms with Crippen LogP contribution in [-0.4, -0.2) is 32.8 Å². The predicted molar refractivity (Wildman–Crippen MR) is 105 cm³/mol. The van der Waals surface area contributed by atoms with E-state index in [-0.39, 0.29) is 30.3 Å². The van der Waals surface area contributed by atoms with Gasteiger partial charge in [0.1, 0.15) is 12.4 Å². The summed E-state index contributed by atoms with van der Waals surface area (Å²) in [5.41, 5.74) is 4.33. The lowest BCUT2D eigenvalue weighted by Gasteiger charge is -2.17. The zero-order valence-corrected chi connectivity index (χ0v) is 16.0. The van der Waals surface area contributed by atoms with Gasteiger partial charge in [-0.1, -0.05) is 13.8 Å². The van der Waals surface area contributed by atoms with Gasteiger partial charge in [0.15, 0.2) is 0 Å². The van der Waals surface area contributed by atoms with Crippen molar-refractivity contribution in [1.29, 1.82) is 0 Å². The zero-order chi connectivity index (χ0) is 20.4. The van der Waals surface area contributed by atoms with Crippen LogP contribution in [0.5, 0.6) is 5.75 Å². The molecule has 146 valence electrons. The molecule has 2 aliphatic heterocycles. The number of phenolic OH excluding ortho intramolecular Hbond substituents is 1. The summed E-state index contributed by atoms with van der Waals surface area (Å²) in [6.07, 6.45) is 0.120. The number of pyridine rings is 2. The number of hydrogen-bond acceptors (Lipinski definition) is 6. The number of carbonyl (C=O) groups is 1. The van der Waals surface area contributed by atoms with Gasteiger partial charge in [-0.05, 0) is 35.9 Å². The maximum absolute atomic E-state index is 12.7. The molecule has 0 bridgehead atoms. The molecule has 3 aromatic rings. The van der Waals surface area contributed by atoms with Crippen LogP contribution < -0.4 is 5.56 Å². The third kappa shape index (κ3) is 3.14. The summed E-state index contributed by atoms with van der Waals surface area (Å²) >= 11 is 0. The molecule has 0 saturated heterocycles. The molecule has 0 fully saturated rings. The summed E-state index contributed by atoms with van der Waals surface area (Å²) in [5, 5.41) is 17.5. The first-order valence-corrected chi connectivity index (χ1v) is 9.09. The van der Waals surface area contributed by atoms with Gasteiger partial charge < -0.3 is 19.5 Å². The van der Waals surface area contributed by atoms with Crippen molar-refractivity contribution in [2.45, 2.75) is 33.4 Å². The van der Waals surface area contributed by atoms with E-state index in [4.69, 9.17) is 9.84 Å². The number of hydrogen-bond donors (Lipinski definition) is 2. The second-order valence-corrected chi connectivity index (χ2v) is 6.14. The van der Waals surface area contributed by atoms with E-state index < -0.39 is 0 Å². The SMILES string of the molecule is CC.CO.O=C1Cc2cc3n(c(=O)c2CO1)Cc1cc2cc(O)ccc2nc1-3. The summed E-state index contributed by atoms with van der Waals surface area (Å²) < 4.78 is 6.68. The predicted octanol–water partition coefficient (Wildman–Crippen LogP) is 2.36. The number of nitrogens with zero attached hydrogens (tertiary/aromatic N) is 2. The molecule has 0 aliphatic carbocycles. The number of aromatic hydroxyl groups is 1. The first-order chi connectivity index (χ1) is 13.6.